The molecule has 0 radical (unpaired) electrons. The molecule has 3 heteroatoms. The third-order valence-electron chi connectivity index (χ3n) is 3.20. The van der Waals surface area contributed by atoms with Gasteiger partial charge in [-0.3, -0.25) is 0 Å². The molecule has 2 aromatic rings. The van der Waals surface area contributed by atoms with Crippen LogP contribution in [-0.4, -0.2) is 17.8 Å². The molecule has 0 saturated heterocycles. The van der Waals surface area contributed by atoms with Crippen molar-refractivity contribution in [1.82, 2.24) is 4.98 Å². The Hall–Kier alpha value is -2.55. The molecule has 3 rings (SSSR count). The van der Waals surface area contributed by atoms with Crippen LogP contribution in [0.4, 0.5) is 0 Å². The lowest BCUT2D eigenvalue weighted by Gasteiger charge is -2.00. The maximum absolute atomic E-state index is 5.42. The number of aromatic nitrogens is 1. The number of H-pyrrole nitrogens is 1. The Labute approximate surface area is 118 Å². The number of ether oxygens (including phenoxy) is 1. The van der Waals surface area contributed by atoms with Gasteiger partial charge in [0.15, 0.2) is 0 Å². The van der Waals surface area contributed by atoms with Gasteiger partial charge in [-0.2, -0.15) is 0 Å². The van der Waals surface area contributed by atoms with E-state index in [1.165, 1.54) is 0 Å². The van der Waals surface area contributed by atoms with E-state index < -0.39 is 0 Å². The monoisotopic (exact) mass is 264 g/mol. The van der Waals surface area contributed by atoms with Crippen LogP contribution in [0.2, 0.25) is 0 Å². The van der Waals surface area contributed by atoms with Gasteiger partial charge in [0, 0.05) is 23.0 Å². The molecule has 0 atom stereocenters. The summed E-state index contributed by atoms with van der Waals surface area (Å²) in [6.07, 6.45) is 3.97. The predicted molar refractivity (Wildman–Crippen MR) is 81.6 cm³/mol. The van der Waals surface area contributed by atoms with Crippen molar-refractivity contribution in [3.8, 4) is 0 Å². The second kappa shape index (κ2) is 5.21. The minimum atomic E-state index is 0.788. The lowest BCUT2D eigenvalue weighted by atomic mass is 10.1. The van der Waals surface area contributed by atoms with E-state index in [4.69, 9.17) is 4.74 Å². The van der Waals surface area contributed by atoms with Crippen LogP contribution in [0.25, 0.3) is 6.08 Å². The normalized spacial score (nSPS) is 16.2. The van der Waals surface area contributed by atoms with Crippen molar-refractivity contribution in [3.05, 3.63) is 76.9 Å². The quantitative estimate of drug-likeness (QED) is 0.901. The Morgan fingerprint density at radius 3 is 2.55 bits per heavy atom. The molecule has 1 aliphatic heterocycles. The minimum Gasteiger partial charge on any atom is -0.494 e. The van der Waals surface area contributed by atoms with E-state index in [1.807, 2.05) is 61.5 Å². The summed E-state index contributed by atoms with van der Waals surface area (Å²) in [5.74, 6) is 0.788. The van der Waals surface area contributed by atoms with Crippen molar-refractivity contribution in [1.29, 1.82) is 0 Å². The molecule has 100 valence electrons. The van der Waals surface area contributed by atoms with Crippen molar-refractivity contribution < 1.29 is 4.74 Å². The first-order chi connectivity index (χ1) is 9.76. The van der Waals surface area contributed by atoms with Crippen molar-refractivity contribution in [2.45, 2.75) is 6.92 Å². The van der Waals surface area contributed by atoms with Crippen LogP contribution in [0.5, 0.6) is 0 Å². The van der Waals surface area contributed by atoms with E-state index in [-0.39, 0.29) is 0 Å². The first-order valence-electron chi connectivity index (χ1n) is 6.54. The van der Waals surface area contributed by atoms with Gasteiger partial charge in [-0.05, 0) is 25.1 Å². The highest BCUT2D eigenvalue weighted by atomic mass is 16.5. The maximum Gasteiger partial charge on any atom is 0.146 e. The van der Waals surface area contributed by atoms with Gasteiger partial charge in [0.2, 0.25) is 0 Å². The summed E-state index contributed by atoms with van der Waals surface area (Å²) in [5.41, 5.74) is 5.02. The molecular weight excluding hydrogens is 248 g/mol. The number of nitrogens with one attached hydrogen (secondary N) is 1. The zero-order valence-corrected chi connectivity index (χ0v) is 11.6. The molecule has 0 saturated carbocycles. The minimum absolute atomic E-state index is 0.788. The number of nitrogens with zero attached hydrogens (tertiary/aromatic N) is 1. The highest BCUT2D eigenvalue weighted by Gasteiger charge is 2.16. The third kappa shape index (κ3) is 2.43. The number of rotatable bonds is 3. The zero-order valence-electron chi connectivity index (χ0n) is 11.6. The average molecular weight is 264 g/mol. The fraction of sp³-hybridized carbons (Fsp3) is 0.118. The van der Waals surface area contributed by atoms with Gasteiger partial charge in [-0.15, -0.1) is 0 Å². The fourth-order valence-electron chi connectivity index (χ4n) is 2.20. The summed E-state index contributed by atoms with van der Waals surface area (Å²) < 4.78 is 5.42. The van der Waals surface area contributed by atoms with E-state index >= 15 is 0 Å². The average Bonchev–Trinajstić information content (AvgIpc) is 3.07. The smallest absolute Gasteiger partial charge is 0.146 e. The van der Waals surface area contributed by atoms with Gasteiger partial charge in [-0.25, -0.2) is 4.99 Å². The van der Waals surface area contributed by atoms with Gasteiger partial charge in [-0.1, -0.05) is 30.3 Å². The molecule has 1 aromatic carbocycles. The molecule has 1 aliphatic rings. The third-order valence-corrected chi connectivity index (χ3v) is 3.20. The molecule has 0 bridgehead atoms. The topological polar surface area (TPSA) is 37.4 Å². The SMILES string of the molecule is COC1=CC(c2ccccc2)=N/C1=C\c1ccc(C)[nH]1. The van der Waals surface area contributed by atoms with Crippen LogP contribution in [0.1, 0.15) is 17.0 Å². The summed E-state index contributed by atoms with van der Waals surface area (Å²) in [6.45, 7) is 2.03. The second-order valence-corrected chi connectivity index (χ2v) is 4.70. The van der Waals surface area contributed by atoms with Crippen LogP contribution in [0.3, 0.4) is 0 Å². The highest BCUT2D eigenvalue weighted by molar-refractivity contribution is 6.12. The molecule has 0 unspecified atom stereocenters. The number of allylic oxidation sites excluding steroid dienone is 1. The molecular formula is C17H16N2O. The van der Waals surface area contributed by atoms with E-state index in [2.05, 4.69) is 9.98 Å². The van der Waals surface area contributed by atoms with Crippen LogP contribution in [-0.2, 0) is 4.74 Å². The van der Waals surface area contributed by atoms with E-state index in [1.54, 1.807) is 7.11 Å². The van der Waals surface area contributed by atoms with Gasteiger partial charge < -0.3 is 9.72 Å². The summed E-state index contributed by atoms with van der Waals surface area (Å²) in [5, 5.41) is 0. The van der Waals surface area contributed by atoms with Gasteiger partial charge in [0.1, 0.15) is 11.5 Å². The predicted octanol–water partition coefficient (Wildman–Crippen LogP) is 3.70. The number of methoxy groups -OCH3 is 1. The Bertz CT molecular complexity index is 706. The first kappa shape index (κ1) is 12.5. The lowest BCUT2D eigenvalue weighted by Crippen LogP contribution is -1.92. The number of aliphatic imine (C=N–C) groups is 1. The standard InChI is InChI=1S/C17H16N2O/c1-12-8-9-14(18-12)10-16-17(20-2)11-15(19-16)13-6-4-3-5-7-13/h3-11,18H,1-2H3/b16-10-. The Morgan fingerprint density at radius 2 is 1.90 bits per heavy atom. The summed E-state index contributed by atoms with van der Waals surface area (Å²) >= 11 is 0. The summed E-state index contributed by atoms with van der Waals surface area (Å²) in [6, 6.07) is 14.2. The van der Waals surface area contributed by atoms with Crippen molar-refractivity contribution in [2.24, 2.45) is 4.99 Å². The lowest BCUT2D eigenvalue weighted by molar-refractivity contribution is 0.303. The molecule has 0 spiro atoms. The fourth-order valence-corrected chi connectivity index (χ4v) is 2.20. The summed E-state index contributed by atoms with van der Waals surface area (Å²) in [4.78, 5) is 7.93. The molecule has 1 aromatic heterocycles. The molecule has 3 nitrogen and oxygen atoms in total. The highest BCUT2D eigenvalue weighted by Crippen LogP contribution is 2.24. The summed E-state index contributed by atoms with van der Waals surface area (Å²) in [7, 11) is 1.67. The Morgan fingerprint density at radius 1 is 1.10 bits per heavy atom. The van der Waals surface area contributed by atoms with E-state index in [0.717, 1.165) is 34.1 Å². The number of aromatic amines is 1. The molecule has 2 heterocycles. The number of aryl methyl sites for hydroxylation is 1. The largest absolute Gasteiger partial charge is 0.494 e. The number of hydrogen-bond donors (Lipinski definition) is 1. The second-order valence-electron chi connectivity index (χ2n) is 4.70. The van der Waals surface area contributed by atoms with Gasteiger partial charge in [0.05, 0.1) is 12.8 Å². The van der Waals surface area contributed by atoms with Crippen LogP contribution in [0.15, 0.2) is 65.0 Å². The van der Waals surface area contributed by atoms with Gasteiger partial charge in [0.25, 0.3) is 0 Å². The number of hydrogen-bond acceptors (Lipinski definition) is 2. The van der Waals surface area contributed by atoms with Crippen molar-refractivity contribution in [3.63, 3.8) is 0 Å². The molecule has 20 heavy (non-hydrogen) atoms. The zero-order chi connectivity index (χ0) is 13.9. The van der Waals surface area contributed by atoms with E-state index in [0.29, 0.717) is 0 Å². The molecule has 0 fully saturated rings. The first-order valence-corrected chi connectivity index (χ1v) is 6.54. The van der Waals surface area contributed by atoms with Crippen LogP contribution >= 0.6 is 0 Å². The number of benzene rings is 1. The van der Waals surface area contributed by atoms with Gasteiger partial charge >= 0.3 is 0 Å². The maximum atomic E-state index is 5.42. The molecule has 0 amide bonds. The van der Waals surface area contributed by atoms with Crippen molar-refractivity contribution in [2.75, 3.05) is 7.11 Å². The van der Waals surface area contributed by atoms with Crippen LogP contribution < -0.4 is 0 Å². The van der Waals surface area contributed by atoms with Crippen molar-refractivity contribution >= 4 is 11.8 Å². The Balaban J connectivity index is 1.98. The molecule has 1 N–H and O–H groups in total. The Kier molecular flexibility index (Phi) is 3.25. The van der Waals surface area contributed by atoms with Crippen LogP contribution in [0, 0.1) is 6.92 Å². The van der Waals surface area contributed by atoms with E-state index in [9.17, 15) is 0 Å². The molecule has 0 aliphatic carbocycles.